The predicted molar refractivity (Wildman–Crippen MR) is 273 cm³/mol. The zero-order chi connectivity index (χ0) is 45.9. The number of allylic oxidation sites excluding steroid dienone is 18. The molecule has 0 bridgehead atoms. The first-order valence-electron chi connectivity index (χ1n) is 25.7. The molecule has 0 heterocycles. The molecule has 6 heteroatoms. The molecule has 0 fully saturated rings. The van der Waals surface area contributed by atoms with Gasteiger partial charge in [-0.3, -0.25) is 9.59 Å². The van der Waals surface area contributed by atoms with Crippen LogP contribution in [0.3, 0.4) is 0 Å². The highest BCUT2D eigenvalue weighted by Gasteiger charge is 2.24. The number of rotatable bonds is 44. The Balaban J connectivity index is 4.77. The van der Waals surface area contributed by atoms with Crippen molar-refractivity contribution < 1.29 is 24.5 Å². The van der Waals surface area contributed by atoms with E-state index in [1.165, 1.54) is 70.6 Å². The first-order valence-corrected chi connectivity index (χ1v) is 25.7. The highest BCUT2D eigenvalue weighted by atomic mass is 16.5. The Morgan fingerprint density at radius 1 is 0.492 bits per heavy atom. The number of unbranched alkanes of at least 4 members (excludes halogenated alkanes) is 17. The van der Waals surface area contributed by atoms with Gasteiger partial charge in [0.25, 0.3) is 0 Å². The van der Waals surface area contributed by atoms with Crippen molar-refractivity contribution in [2.75, 3.05) is 6.61 Å². The van der Waals surface area contributed by atoms with E-state index in [9.17, 15) is 19.8 Å². The minimum atomic E-state index is -0.816. The zero-order valence-electron chi connectivity index (χ0n) is 40.7. The molecule has 0 saturated carbocycles. The molecule has 0 aromatic heterocycles. The monoisotopic (exact) mass is 874 g/mol. The van der Waals surface area contributed by atoms with Gasteiger partial charge in [0.1, 0.15) is 6.10 Å². The molecule has 6 nitrogen and oxygen atoms in total. The molecule has 63 heavy (non-hydrogen) atoms. The summed E-state index contributed by atoms with van der Waals surface area (Å²) in [7, 11) is 0. The minimum Gasteiger partial charge on any atom is -0.462 e. The summed E-state index contributed by atoms with van der Waals surface area (Å²) < 4.78 is 5.88. The molecule has 0 aliphatic rings. The van der Waals surface area contributed by atoms with E-state index in [1.807, 2.05) is 30.4 Å². The number of ether oxygens (including phenoxy) is 1. The van der Waals surface area contributed by atoms with Crippen molar-refractivity contribution in [3.8, 4) is 0 Å². The van der Waals surface area contributed by atoms with Gasteiger partial charge in [0, 0.05) is 6.42 Å². The molecule has 3 N–H and O–H groups in total. The number of hydrogen-bond acceptors (Lipinski definition) is 5. The second-order valence-electron chi connectivity index (χ2n) is 16.9. The minimum absolute atomic E-state index is 0.0157. The number of amides is 1. The maximum Gasteiger partial charge on any atom is 0.306 e. The summed E-state index contributed by atoms with van der Waals surface area (Å²) in [6.07, 6.45) is 67.2. The molecular weight excluding hydrogens is 779 g/mol. The van der Waals surface area contributed by atoms with E-state index in [4.69, 9.17) is 4.74 Å². The van der Waals surface area contributed by atoms with Gasteiger partial charge in [0.15, 0.2) is 0 Å². The van der Waals surface area contributed by atoms with Gasteiger partial charge in [-0.15, -0.1) is 0 Å². The maximum absolute atomic E-state index is 13.2. The lowest BCUT2D eigenvalue weighted by Gasteiger charge is -2.24. The number of carbonyl (C=O) groups excluding carboxylic acids is 2. The van der Waals surface area contributed by atoms with Gasteiger partial charge in [-0.25, -0.2) is 0 Å². The fourth-order valence-corrected chi connectivity index (χ4v) is 7.12. The van der Waals surface area contributed by atoms with Crippen LogP contribution < -0.4 is 5.32 Å². The number of nitrogens with one attached hydrogen (secondary N) is 1. The third kappa shape index (κ3) is 44.9. The standard InChI is InChI=1S/C57H95NO5/c1-4-7-10-13-16-19-22-25-27-28-29-31-33-36-39-42-45-48-53(63-57(62)50-47-44-41-38-35-30-24-21-18-15-12-9-6-3)51-56(61)58-54(52-59)55(60)49-46-43-40-37-34-32-26-23-20-17-14-11-8-5-2/h7,9-10,12,15-16,18-19,21,24-25,27,29-31,35-36,39,53-55,59-60H,4-6,8,11,13-14,17,20,22-23,26,28,32-34,37-38,40-52H2,1-3H3,(H,58,61)/b10-7-,12-9+,18-15+,19-16-,24-21-,27-25-,31-29-,35-30-,39-36-. The summed E-state index contributed by atoms with van der Waals surface area (Å²) in [4.78, 5) is 26.1. The fraction of sp³-hybridized carbons (Fsp3) is 0.649. The van der Waals surface area contributed by atoms with Gasteiger partial charge in [-0.1, -0.05) is 226 Å². The Hall–Kier alpha value is -3.48. The highest BCUT2D eigenvalue weighted by Crippen LogP contribution is 2.16. The molecule has 0 spiro atoms. The first kappa shape index (κ1) is 59.5. The second kappa shape index (κ2) is 49.5. The maximum atomic E-state index is 13.2. The average Bonchev–Trinajstić information content (AvgIpc) is 3.28. The van der Waals surface area contributed by atoms with E-state index in [0.717, 1.165) is 96.3 Å². The van der Waals surface area contributed by atoms with Crippen LogP contribution in [0.4, 0.5) is 0 Å². The molecule has 0 aliphatic carbocycles. The van der Waals surface area contributed by atoms with Crippen LogP contribution >= 0.6 is 0 Å². The normalized spacial score (nSPS) is 14.2. The van der Waals surface area contributed by atoms with Crippen molar-refractivity contribution in [3.05, 3.63) is 109 Å². The summed E-state index contributed by atoms with van der Waals surface area (Å²) >= 11 is 0. The van der Waals surface area contributed by atoms with Crippen LogP contribution in [0.2, 0.25) is 0 Å². The van der Waals surface area contributed by atoms with E-state index in [2.05, 4.69) is 105 Å². The summed E-state index contributed by atoms with van der Waals surface area (Å²) in [5.74, 6) is -0.586. The van der Waals surface area contributed by atoms with Crippen LogP contribution in [0.5, 0.6) is 0 Å². The van der Waals surface area contributed by atoms with Crippen molar-refractivity contribution in [2.45, 2.75) is 232 Å². The number of carbonyl (C=O) groups is 2. The van der Waals surface area contributed by atoms with Crippen LogP contribution in [0, 0.1) is 0 Å². The Labute approximate surface area is 388 Å². The van der Waals surface area contributed by atoms with Crippen LogP contribution in [0.15, 0.2) is 109 Å². The second-order valence-corrected chi connectivity index (χ2v) is 16.9. The predicted octanol–water partition coefficient (Wildman–Crippen LogP) is 15.5. The van der Waals surface area contributed by atoms with Crippen molar-refractivity contribution in [3.63, 3.8) is 0 Å². The highest BCUT2D eigenvalue weighted by molar-refractivity contribution is 5.77. The van der Waals surface area contributed by atoms with E-state index in [1.54, 1.807) is 0 Å². The van der Waals surface area contributed by atoms with Gasteiger partial charge >= 0.3 is 5.97 Å². The molecule has 3 unspecified atom stereocenters. The van der Waals surface area contributed by atoms with Gasteiger partial charge in [-0.2, -0.15) is 0 Å². The number of aliphatic hydroxyl groups is 2. The lowest BCUT2D eigenvalue weighted by molar-refractivity contribution is -0.151. The molecular formula is C57H95NO5. The molecule has 0 rings (SSSR count). The average molecular weight is 874 g/mol. The Bertz CT molecular complexity index is 1300. The van der Waals surface area contributed by atoms with E-state index < -0.39 is 18.2 Å². The summed E-state index contributed by atoms with van der Waals surface area (Å²) in [5.41, 5.74) is 0. The van der Waals surface area contributed by atoms with E-state index in [-0.39, 0.29) is 24.9 Å². The van der Waals surface area contributed by atoms with Crippen molar-refractivity contribution in [2.24, 2.45) is 0 Å². The first-order chi connectivity index (χ1) is 31.0. The topological polar surface area (TPSA) is 95.9 Å². The molecule has 0 aliphatic heterocycles. The number of aliphatic hydroxyl groups excluding tert-OH is 2. The lowest BCUT2D eigenvalue weighted by Crippen LogP contribution is -2.46. The molecule has 3 atom stereocenters. The fourth-order valence-electron chi connectivity index (χ4n) is 7.12. The van der Waals surface area contributed by atoms with E-state index in [0.29, 0.717) is 19.3 Å². The van der Waals surface area contributed by atoms with Gasteiger partial charge in [-0.05, 0) is 83.5 Å². The molecule has 0 radical (unpaired) electrons. The van der Waals surface area contributed by atoms with E-state index >= 15 is 0 Å². The quantitative estimate of drug-likeness (QED) is 0.0245. The Kier molecular flexibility index (Phi) is 46.8. The largest absolute Gasteiger partial charge is 0.462 e. The van der Waals surface area contributed by atoms with Crippen LogP contribution in [0.1, 0.15) is 213 Å². The number of esters is 1. The van der Waals surface area contributed by atoms with Crippen molar-refractivity contribution in [1.82, 2.24) is 5.32 Å². The summed E-state index contributed by atoms with van der Waals surface area (Å²) in [5, 5.41) is 23.8. The molecule has 0 aromatic carbocycles. The van der Waals surface area contributed by atoms with Crippen LogP contribution in [0.25, 0.3) is 0 Å². The van der Waals surface area contributed by atoms with Gasteiger partial charge < -0.3 is 20.3 Å². The SMILES string of the molecule is CC/C=C\C/C=C\C/C=C\C/C=C\C/C=C\CCCC(CC(=O)NC(CO)C(O)CCCCCCCCCCCCCCCC)OC(=O)CCCCC\C=C/C=C\C=C\C=C\CC. The third-order valence-electron chi connectivity index (χ3n) is 10.9. The third-order valence-corrected chi connectivity index (χ3v) is 10.9. The number of hydrogen-bond donors (Lipinski definition) is 3. The molecule has 0 aromatic rings. The smallest absolute Gasteiger partial charge is 0.306 e. The summed E-state index contributed by atoms with van der Waals surface area (Å²) in [6, 6.07) is -0.735. The zero-order valence-corrected chi connectivity index (χ0v) is 40.7. The van der Waals surface area contributed by atoms with Crippen LogP contribution in [-0.4, -0.2) is 46.9 Å². The van der Waals surface area contributed by atoms with Crippen molar-refractivity contribution >= 4 is 11.9 Å². The van der Waals surface area contributed by atoms with Gasteiger partial charge in [0.05, 0.1) is 25.2 Å². The summed E-state index contributed by atoms with van der Waals surface area (Å²) in [6.45, 7) is 6.19. The molecule has 1 amide bonds. The Morgan fingerprint density at radius 2 is 0.952 bits per heavy atom. The lowest BCUT2D eigenvalue weighted by atomic mass is 10.0. The molecule has 358 valence electrons. The molecule has 0 saturated heterocycles. The van der Waals surface area contributed by atoms with Crippen LogP contribution in [-0.2, 0) is 14.3 Å². The van der Waals surface area contributed by atoms with Gasteiger partial charge in [0.2, 0.25) is 5.91 Å². The van der Waals surface area contributed by atoms with Crippen molar-refractivity contribution in [1.29, 1.82) is 0 Å². The Morgan fingerprint density at radius 3 is 1.49 bits per heavy atom.